The van der Waals surface area contributed by atoms with E-state index in [-0.39, 0.29) is 24.0 Å². The van der Waals surface area contributed by atoms with Crippen LogP contribution in [0.3, 0.4) is 0 Å². The summed E-state index contributed by atoms with van der Waals surface area (Å²) in [5, 5.41) is 6.50. The van der Waals surface area contributed by atoms with Gasteiger partial charge in [0.15, 0.2) is 0 Å². The number of pyridine rings is 1. The van der Waals surface area contributed by atoms with Crippen molar-refractivity contribution in [3.63, 3.8) is 0 Å². The second-order valence-electron chi connectivity index (χ2n) is 11.8. The zero-order chi connectivity index (χ0) is 30.9. The highest BCUT2D eigenvalue weighted by atomic mass is 19.3. The summed E-state index contributed by atoms with van der Waals surface area (Å²) in [6.07, 6.45) is -0.0387. The summed E-state index contributed by atoms with van der Waals surface area (Å²) in [4.78, 5) is 18.0. The van der Waals surface area contributed by atoms with Crippen molar-refractivity contribution in [2.45, 2.75) is 56.5 Å². The average Bonchev–Trinajstić information content (AvgIpc) is 3.45. The number of alkyl halides is 4. The molecule has 3 atom stereocenters. The molecule has 4 aromatic rings. The van der Waals surface area contributed by atoms with Crippen molar-refractivity contribution in [1.82, 2.24) is 20.1 Å². The largest absolute Gasteiger partial charge is 0.346 e. The fourth-order valence-corrected chi connectivity index (χ4v) is 6.80. The molecule has 1 N–H and O–H groups in total. The molecule has 0 bridgehead atoms. The first-order chi connectivity index (χ1) is 21.0. The van der Waals surface area contributed by atoms with Gasteiger partial charge in [-0.2, -0.15) is 13.9 Å². The third kappa shape index (κ3) is 4.88. The van der Waals surface area contributed by atoms with Crippen LogP contribution in [0.1, 0.15) is 64.1 Å². The summed E-state index contributed by atoms with van der Waals surface area (Å²) < 4.78 is 86.7. The van der Waals surface area contributed by atoms with Gasteiger partial charge in [-0.3, -0.25) is 14.5 Å². The minimum absolute atomic E-state index is 0.0913. The fraction of sp³-hybridized carbons (Fsp3) is 0.303. The van der Waals surface area contributed by atoms with E-state index in [1.165, 1.54) is 6.20 Å². The molecule has 11 heteroatoms. The van der Waals surface area contributed by atoms with E-state index in [9.17, 15) is 22.4 Å². The van der Waals surface area contributed by atoms with Crippen molar-refractivity contribution in [2.24, 2.45) is 5.92 Å². The van der Waals surface area contributed by atoms with Gasteiger partial charge in [0.05, 0.1) is 11.7 Å². The maximum absolute atomic E-state index is 15.1. The van der Waals surface area contributed by atoms with E-state index in [0.717, 1.165) is 53.3 Å². The number of carbonyl (C=O) groups excluding carboxylic acids is 1. The molecule has 2 aromatic carbocycles. The van der Waals surface area contributed by atoms with E-state index < -0.39 is 65.7 Å². The molecule has 1 saturated carbocycles. The van der Waals surface area contributed by atoms with Gasteiger partial charge in [0.1, 0.15) is 29.6 Å². The van der Waals surface area contributed by atoms with E-state index in [4.69, 9.17) is 0 Å². The van der Waals surface area contributed by atoms with Crippen LogP contribution in [-0.2, 0) is 36.5 Å². The first-order valence-electron chi connectivity index (χ1n) is 14.2. The molecule has 3 aliphatic carbocycles. The maximum Gasteiger partial charge on any atom is 0.293 e. The minimum Gasteiger partial charge on any atom is -0.346 e. The van der Waals surface area contributed by atoms with Gasteiger partial charge in [0.25, 0.3) is 12.3 Å². The Balaban J connectivity index is 1.24. The number of amides is 1. The van der Waals surface area contributed by atoms with Crippen molar-refractivity contribution in [2.75, 3.05) is 0 Å². The lowest BCUT2D eigenvalue weighted by atomic mass is 9.94. The van der Waals surface area contributed by atoms with Crippen molar-refractivity contribution in [3.8, 4) is 11.1 Å². The monoisotopic (exact) mass is 608 g/mol. The van der Waals surface area contributed by atoms with Crippen molar-refractivity contribution in [3.05, 3.63) is 118 Å². The number of rotatable bonds is 8. The van der Waals surface area contributed by atoms with Crippen LogP contribution in [0.25, 0.3) is 11.1 Å². The van der Waals surface area contributed by atoms with Crippen LogP contribution >= 0.6 is 0 Å². The third-order valence-corrected chi connectivity index (χ3v) is 8.72. The summed E-state index contributed by atoms with van der Waals surface area (Å²) >= 11 is 0. The molecular weight excluding hydrogens is 582 g/mol. The predicted molar refractivity (Wildman–Crippen MR) is 149 cm³/mol. The number of halogens is 6. The maximum atomic E-state index is 15.1. The Kier molecular flexibility index (Phi) is 6.67. The number of nitrogens with one attached hydrogen (secondary N) is 1. The quantitative estimate of drug-likeness (QED) is 0.171. The average molecular weight is 609 g/mol. The smallest absolute Gasteiger partial charge is 0.293 e. The molecule has 0 aliphatic heterocycles. The van der Waals surface area contributed by atoms with Gasteiger partial charge in [-0.1, -0.05) is 36.4 Å². The second-order valence-corrected chi connectivity index (χ2v) is 11.8. The highest BCUT2D eigenvalue weighted by molar-refractivity contribution is 5.77. The van der Waals surface area contributed by atoms with E-state index in [2.05, 4.69) is 22.0 Å². The topological polar surface area (TPSA) is 59.8 Å². The second kappa shape index (κ2) is 10.3. The molecule has 7 rings (SSSR count). The Labute approximate surface area is 248 Å². The van der Waals surface area contributed by atoms with Gasteiger partial charge in [-0.05, 0) is 72.1 Å². The first kappa shape index (κ1) is 28.4. The highest BCUT2D eigenvalue weighted by Gasteiger charge is 2.67. The molecular formula is C33H26F6N4O. The van der Waals surface area contributed by atoms with Gasteiger partial charge >= 0.3 is 0 Å². The zero-order valence-corrected chi connectivity index (χ0v) is 23.3. The zero-order valence-electron chi connectivity index (χ0n) is 23.3. The summed E-state index contributed by atoms with van der Waals surface area (Å²) in [5.74, 6) is -7.56. The number of hydrogen-bond acceptors (Lipinski definition) is 3. The highest BCUT2D eigenvalue weighted by Crippen LogP contribution is 2.68. The number of hydrogen-bond donors (Lipinski definition) is 1. The molecule has 44 heavy (non-hydrogen) atoms. The van der Waals surface area contributed by atoms with E-state index in [1.807, 2.05) is 18.2 Å². The number of allylic oxidation sites excluding steroid dienone is 1. The van der Waals surface area contributed by atoms with Gasteiger partial charge in [0, 0.05) is 29.3 Å². The van der Waals surface area contributed by atoms with Crippen molar-refractivity contribution >= 4 is 5.91 Å². The standard InChI is InChI=1S/C33H26F6N4O/c1-16-7-18-4-5-19(12-20(18)8-16)23-3-2-6-40-29(23)26(11-17-9-21(34)13-22(35)10-17)41-27(44)15-43-31-28(30(42-43)32(36)37)24-14-25(24)33(31,38)39/h2-6,9-10,12-13,24-26,32H,1,7-8,11,14-15H2,(H,41,44)/t24?,25?,26-/m0/s1. The summed E-state index contributed by atoms with van der Waals surface area (Å²) in [6, 6.07) is 11.5. The van der Waals surface area contributed by atoms with E-state index >= 15 is 8.78 Å². The number of benzene rings is 2. The van der Waals surface area contributed by atoms with Gasteiger partial charge in [-0.25, -0.2) is 17.6 Å². The van der Waals surface area contributed by atoms with Crippen LogP contribution in [-0.4, -0.2) is 20.7 Å². The summed E-state index contributed by atoms with van der Waals surface area (Å²) in [7, 11) is 0. The van der Waals surface area contributed by atoms with Crippen LogP contribution in [0.2, 0.25) is 0 Å². The molecule has 2 aromatic heterocycles. The van der Waals surface area contributed by atoms with Gasteiger partial charge in [-0.15, -0.1) is 0 Å². The SMILES string of the molecule is C=C1Cc2ccc(-c3cccnc3[C@H](Cc3cc(F)cc(F)c3)NC(=O)Cn3nc(C(F)F)c4c3C(F)(F)C3CC43)cc2C1. The van der Waals surface area contributed by atoms with Crippen molar-refractivity contribution < 1.29 is 31.1 Å². The van der Waals surface area contributed by atoms with Gasteiger partial charge < -0.3 is 5.32 Å². The van der Waals surface area contributed by atoms with E-state index in [0.29, 0.717) is 15.9 Å². The number of aromatic nitrogens is 3. The molecule has 0 saturated heterocycles. The van der Waals surface area contributed by atoms with Crippen molar-refractivity contribution in [1.29, 1.82) is 0 Å². The fourth-order valence-electron chi connectivity index (χ4n) is 6.80. The van der Waals surface area contributed by atoms with Crippen LogP contribution in [0.4, 0.5) is 26.3 Å². The molecule has 226 valence electrons. The number of carbonyl (C=O) groups is 1. The molecule has 3 aliphatic rings. The normalized spacial score (nSPS) is 19.9. The molecule has 5 nitrogen and oxygen atoms in total. The van der Waals surface area contributed by atoms with E-state index in [1.54, 1.807) is 12.1 Å². The summed E-state index contributed by atoms with van der Waals surface area (Å²) in [5.41, 5.74) is 3.88. The Morgan fingerprint density at radius 1 is 1.05 bits per heavy atom. The Morgan fingerprint density at radius 3 is 2.55 bits per heavy atom. The predicted octanol–water partition coefficient (Wildman–Crippen LogP) is 7.12. The molecule has 2 unspecified atom stereocenters. The first-order valence-corrected chi connectivity index (χ1v) is 14.2. The Hall–Kier alpha value is -4.41. The minimum atomic E-state index is -3.38. The molecule has 0 radical (unpaired) electrons. The Morgan fingerprint density at radius 2 is 1.80 bits per heavy atom. The molecule has 1 amide bonds. The number of fused-ring (bicyclic) bond motifs is 4. The molecule has 0 spiro atoms. The lowest BCUT2D eigenvalue weighted by Gasteiger charge is -2.22. The van der Waals surface area contributed by atoms with Crippen LogP contribution in [0, 0.1) is 17.6 Å². The van der Waals surface area contributed by atoms with Crippen LogP contribution in [0.15, 0.2) is 66.9 Å². The Bertz CT molecular complexity index is 1810. The summed E-state index contributed by atoms with van der Waals surface area (Å²) in [6.45, 7) is 3.33. The number of nitrogens with zero attached hydrogens (tertiary/aromatic N) is 3. The van der Waals surface area contributed by atoms with Crippen LogP contribution < -0.4 is 5.32 Å². The molecule has 2 heterocycles. The van der Waals surface area contributed by atoms with Gasteiger partial charge in [0.2, 0.25) is 5.91 Å². The molecule has 1 fully saturated rings. The van der Waals surface area contributed by atoms with Crippen LogP contribution in [0.5, 0.6) is 0 Å². The lowest BCUT2D eigenvalue weighted by molar-refractivity contribution is -0.123. The third-order valence-electron chi connectivity index (χ3n) is 8.72. The lowest BCUT2D eigenvalue weighted by Crippen LogP contribution is -2.35.